The van der Waals surface area contributed by atoms with Crippen LogP contribution in [-0.2, 0) is 23.3 Å². The Morgan fingerprint density at radius 1 is 1.04 bits per heavy atom. The average Bonchev–Trinajstić information content (AvgIpc) is 3.25. The lowest BCUT2D eigenvalue weighted by molar-refractivity contribution is 0.597. The van der Waals surface area contributed by atoms with Crippen molar-refractivity contribution in [2.75, 3.05) is 0 Å². The van der Waals surface area contributed by atoms with Crippen LogP contribution in [0.2, 0.25) is 0 Å². The van der Waals surface area contributed by atoms with E-state index >= 15 is 0 Å². The van der Waals surface area contributed by atoms with Gasteiger partial charge in [-0.3, -0.25) is 4.68 Å². The lowest BCUT2D eigenvalue weighted by Crippen LogP contribution is -2.03. The third kappa shape index (κ3) is 2.88. The summed E-state index contributed by atoms with van der Waals surface area (Å²) in [5, 5.41) is 6.86. The van der Waals surface area contributed by atoms with Gasteiger partial charge in [0, 0.05) is 23.7 Å². The van der Waals surface area contributed by atoms with Crippen molar-refractivity contribution >= 4 is 32.1 Å². The highest BCUT2D eigenvalue weighted by Gasteiger charge is 2.21. The quantitative estimate of drug-likeness (QED) is 0.546. The number of aryl methyl sites for hydroxylation is 1. The van der Waals surface area contributed by atoms with Gasteiger partial charge in [0.1, 0.15) is 0 Å². The maximum Gasteiger partial charge on any atom is 0.207 e. The van der Waals surface area contributed by atoms with Crippen LogP contribution in [0.1, 0.15) is 10.4 Å². The van der Waals surface area contributed by atoms with Crippen LogP contribution >= 0.6 is 11.3 Å². The van der Waals surface area contributed by atoms with Crippen molar-refractivity contribution in [1.29, 1.82) is 0 Å². The molecule has 25 heavy (non-hydrogen) atoms. The molecule has 0 unspecified atom stereocenters. The predicted molar refractivity (Wildman–Crippen MR) is 99.7 cm³/mol. The molecule has 0 fully saturated rings. The molecule has 2 aromatic carbocycles. The van der Waals surface area contributed by atoms with Crippen molar-refractivity contribution in [2.24, 2.45) is 7.05 Å². The van der Waals surface area contributed by atoms with Crippen molar-refractivity contribution in [3.05, 3.63) is 76.6 Å². The molecule has 0 saturated heterocycles. The summed E-state index contributed by atoms with van der Waals surface area (Å²) in [5.74, 6) is 0. The van der Waals surface area contributed by atoms with Crippen molar-refractivity contribution < 1.29 is 8.42 Å². The fourth-order valence-electron chi connectivity index (χ4n) is 2.91. The topological polar surface area (TPSA) is 52.0 Å². The van der Waals surface area contributed by atoms with E-state index in [-0.39, 0.29) is 0 Å². The van der Waals surface area contributed by atoms with Crippen LogP contribution in [0.25, 0.3) is 10.9 Å². The van der Waals surface area contributed by atoms with E-state index in [0.29, 0.717) is 15.2 Å². The van der Waals surface area contributed by atoms with Gasteiger partial charge in [-0.05, 0) is 41.3 Å². The van der Waals surface area contributed by atoms with Crippen LogP contribution < -0.4 is 0 Å². The van der Waals surface area contributed by atoms with Crippen molar-refractivity contribution in [1.82, 2.24) is 9.78 Å². The molecule has 0 atom stereocenters. The highest BCUT2D eigenvalue weighted by Crippen LogP contribution is 2.28. The van der Waals surface area contributed by atoms with Gasteiger partial charge >= 0.3 is 0 Å². The van der Waals surface area contributed by atoms with Gasteiger partial charge in [-0.25, -0.2) is 8.42 Å². The molecule has 0 spiro atoms. The molecule has 2 heterocycles. The molecule has 0 aliphatic heterocycles. The highest BCUT2D eigenvalue weighted by molar-refractivity contribution is 7.91. The molecule has 4 rings (SSSR count). The molecule has 126 valence electrons. The number of fused-ring (bicyclic) bond motifs is 1. The van der Waals surface area contributed by atoms with Crippen LogP contribution in [0.15, 0.2) is 76.0 Å². The minimum atomic E-state index is -3.58. The zero-order valence-corrected chi connectivity index (χ0v) is 15.2. The van der Waals surface area contributed by atoms with E-state index in [4.69, 9.17) is 0 Å². The van der Waals surface area contributed by atoms with E-state index in [1.807, 2.05) is 29.6 Å². The van der Waals surface area contributed by atoms with Gasteiger partial charge in [0.25, 0.3) is 0 Å². The first-order valence-corrected chi connectivity index (χ1v) is 10.2. The highest BCUT2D eigenvalue weighted by atomic mass is 32.2. The summed E-state index contributed by atoms with van der Waals surface area (Å²) in [7, 11) is -1.78. The Morgan fingerprint density at radius 2 is 1.84 bits per heavy atom. The van der Waals surface area contributed by atoms with Crippen molar-refractivity contribution in [2.45, 2.75) is 16.2 Å². The summed E-state index contributed by atoms with van der Waals surface area (Å²) in [6, 6.07) is 16.5. The van der Waals surface area contributed by atoms with E-state index in [1.54, 1.807) is 53.5 Å². The number of sulfone groups is 1. The zero-order valence-electron chi connectivity index (χ0n) is 13.6. The van der Waals surface area contributed by atoms with Crippen molar-refractivity contribution in [3.8, 4) is 0 Å². The van der Waals surface area contributed by atoms with Crippen molar-refractivity contribution in [3.63, 3.8) is 0 Å². The Bertz CT molecular complexity index is 1130. The number of hydrogen-bond acceptors (Lipinski definition) is 4. The molecule has 0 aliphatic carbocycles. The lowest BCUT2D eigenvalue weighted by atomic mass is 10.1. The third-order valence-electron chi connectivity index (χ3n) is 4.23. The standard InChI is InChI=1S/C19H16N2O2S2/c1-21-18-5-2-6-19(17(18)13-20-21)25(22,23)16-9-7-14(8-10-16)12-15-4-3-11-24-15/h2-11,13H,12H2,1H3. The summed E-state index contributed by atoms with van der Waals surface area (Å²) in [6.45, 7) is 0. The first-order chi connectivity index (χ1) is 12.1. The molecule has 4 aromatic rings. The predicted octanol–water partition coefficient (Wildman–Crippen LogP) is 4.06. The van der Waals surface area contributed by atoms with Crippen LogP contribution in [0.4, 0.5) is 0 Å². The molecule has 0 bridgehead atoms. The Balaban J connectivity index is 1.72. The van der Waals surface area contributed by atoms with Gasteiger partial charge in [0.05, 0.1) is 21.5 Å². The number of aromatic nitrogens is 2. The minimum absolute atomic E-state index is 0.295. The van der Waals surface area contributed by atoms with E-state index < -0.39 is 9.84 Å². The second-order valence-corrected chi connectivity index (χ2v) is 8.81. The number of thiophene rings is 1. The smallest absolute Gasteiger partial charge is 0.207 e. The normalized spacial score (nSPS) is 11.9. The molecule has 0 aliphatic rings. The van der Waals surface area contributed by atoms with E-state index in [9.17, 15) is 8.42 Å². The molecule has 0 saturated carbocycles. The number of hydrogen-bond donors (Lipinski definition) is 0. The van der Waals surface area contributed by atoms with E-state index in [1.165, 1.54) is 4.88 Å². The molecular weight excluding hydrogens is 352 g/mol. The maximum absolute atomic E-state index is 13.1. The van der Waals surface area contributed by atoms with E-state index in [0.717, 1.165) is 17.5 Å². The maximum atomic E-state index is 13.1. The third-order valence-corrected chi connectivity index (χ3v) is 6.94. The molecule has 0 radical (unpaired) electrons. The zero-order chi connectivity index (χ0) is 17.4. The fraction of sp³-hybridized carbons (Fsp3) is 0.105. The number of rotatable bonds is 4. The monoisotopic (exact) mass is 368 g/mol. The first-order valence-electron chi connectivity index (χ1n) is 7.83. The Labute approximate surface area is 150 Å². The molecule has 2 aromatic heterocycles. The average molecular weight is 368 g/mol. The van der Waals surface area contributed by atoms with Crippen LogP contribution in [0.3, 0.4) is 0 Å². The lowest BCUT2D eigenvalue weighted by Gasteiger charge is -2.07. The minimum Gasteiger partial charge on any atom is -0.268 e. The summed E-state index contributed by atoms with van der Waals surface area (Å²) < 4.78 is 27.8. The molecular formula is C19H16N2O2S2. The van der Waals surface area contributed by atoms with Crippen LogP contribution in [-0.4, -0.2) is 18.2 Å². The van der Waals surface area contributed by atoms with Gasteiger partial charge in [0.2, 0.25) is 9.84 Å². The largest absolute Gasteiger partial charge is 0.268 e. The summed E-state index contributed by atoms with van der Waals surface area (Å²) >= 11 is 1.70. The summed E-state index contributed by atoms with van der Waals surface area (Å²) in [4.78, 5) is 1.86. The summed E-state index contributed by atoms with van der Waals surface area (Å²) in [5.41, 5.74) is 1.90. The Kier molecular flexibility index (Phi) is 3.94. The van der Waals surface area contributed by atoms with Gasteiger partial charge in [-0.15, -0.1) is 11.3 Å². The molecule has 4 nitrogen and oxygen atoms in total. The molecule has 0 N–H and O–H groups in total. The van der Waals surface area contributed by atoms with Gasteiger partial charge in [0.15, 0.2) is 0 Å². The number of nitrogens with zero attached hydrogens (tertiary/aromatic N) is 2. The van der Waals surface area contributed by atoms with Crippen LogP contribution in [0, 0.1) is 0 Å². The Hall–Kier alpha value is -2.44. The summed E-state index contributed by atoms with van der Waals surface area (Å²) in [6.07, 6.45) is 2.42. The van der Waals surface area contributed by atoms with Crippen LogP contribution in [0.5, 0.6) is 0 Å². The second kappa shape index (κ2) is 6.13. The number of benzene rings is 2. The van der Waals surface area contributed by atoms with E-state index in [2.05, 4.69) is 11.2 Å². The second-order valence-electron chi connectivity index (χ2n) is 5.86. The molecule has 6 heteroatoms. The SMILES string of the molecule is Cn1ncc2c(S(=O)(=O)c3ccc(Cc4cccs4)cc3)cccc21. The molecule has 0 amide bonds. The first kappa shape index (κ1) is 16.1. The van der Waals surface area contributed by atoms with Gasteiger partial charge < -0.3 is 0 Å². The van der Waals surface area contributed by atoms with Gasteiger partial charge in [-0.2, -0.15) is 5.10 Å². The Morgan fingerprint density at radius 3 is 2.56 bits per heavy atom. The van der Waals surface area contributed by atoms with Gasteiger partial charge in [-0.1, -0.05) is 24.3 Å². The fourth-order valence-corrected chi connectivity index (χ4v) is 5.10.